The van der Waals surface area contributed by atoms with Crippen molar-refractivity contribution in [2.24, 2.45) is 0 Å². The normalized spacial score (nSPS) is 10.9. The van der Waals surface area contributed by atoms with E-state index in [1.165, 1.54) is 7.11 Å². The lowest BCUT2D eigenvalue weighted by atomic mass is 10.1. The molecule has 2 aromatic carbocycles. The summed E-state index contributed by atoms with van der Waals surface area (Å²) in [7, 11) is 1.25. The van der Waals surface area contributed by atoms with Gasteiger partial charge in [-0.1, -0.05) is 30.3 Å². The molecule has 29 heavy (non-hydrogen) atoms. The largest absolute Gasteiger partial charge is 0.468 e. The van der Waals surface area contributed by atoms with Gasteiger partial charge in [-0.2, -0.15) is 5.10 Å². The Morgan fingerprint density at radius 2 is 1.83 bits per heavy atom. The average molecular weight is 390 g/mol. The van der Waals surface area contributed by atoms with E-state index in [-0.39, 0.29) is 12.1 Å². The lowest BCUT2D eigenvalue weighted by Crippen LogP contribution is -2.30. The Kier molecular flexibility index (Phi) is 4.82. The molecular formula is C21H18N4O4. The van der Waals surface area contributed by atoms with Crippen LogP contribution in [-0.2, 0) is 16.1 Å². The van der Waals surface area contributed by atoms with Crippen LogP contribution in [0.3, 0.4) is 0 Å². The lowest BCUT2D eigenvalue weighted by Gasteiger charge is -2.13. The Bertz CT molecular complexity index is 1270. The summed E-state index contributed by atoms with van der Waals surface area (Å²) in [5.74, 6) is -0.977. The molecule has 0 aliphatic carbocycles. The fourth-order valence-electron chi connectivity index (χ4n) is 3.21. The van der Waals surface area contributed by atoms with Gasteiger partial charge in [0.25, 0.3) is 11.5 Å². The predicted octanol–water partition coefficient (Wildman–Crippen LogP) is 1.60. The number of methoxy groups -OCH3 is 1. The summed E-state index contributed by atoms with van der Waals surface area (Å²) < 4.78 is 7.73. The highest BCUT2D eigenvalue weighted by molar-refractivity contribution is 5.98. The van der Waals surface area contributed by atoms with Crippen LogP contribution >= 0.6 is 0 Å². The molecule has 0 fully saturated rings. The first-order valence-electron chi connectivity index (χ1n) is 8.97. The molecule has 4 aromatic rings. The average Bonchev–Trinajstić information content (AvgIpc) is 3.25. The summed E-state index contributed by atoms with van der Waals surface area (Å²) in [4.78, 5) is 36.8. The van der Waals surface area contributed by atoms with Gasteiger partial charge in [0.1, 0.15) is 12.1 Å². The summed E-state index contributed by atoms with van der Waals surface area (Å²) in [5.41, 5.74) is 2.81. The molecule has 0 unspecified atom stereocenters. The van der Waals surface area contributed by atoms with Gasteiger partial charge in [-0.05, 0) is 29.8 Å². The van der Waals surface area contributed by atoms with E-state index in [1.807, 2.05) is 30.3 Å². The number of rotatable bonds is 5. The fourth-order valence-corrected chi connectivity index (χ4v) is 3.21. The molecular weight excluding hydrogens is 372 g/mol. The number of hydrogen-bond donors (Lipinski definition) is 1. The number of hydrogen-bond acceptors (Lipinski definition) is 5. The predicted molar refractivity (Wildman–Crippen MR) is 107 cm³/mol. The molecule has 0 radical (unpaired) electrons. The molecule has 0 saturated heterocycles. The van der Waals surface area contributed by atoms with E-state index in [2.05, 4.69) is 15.2 Å². The summed E-state index contributed by atoms with van der Waals surface area (Å²) in [6, 6.07) is 16.3. The van der Waals surface area contributed by atoms with E-state index in [9.17, 15) is 14.4 Å². The van der Waals surface area contributed by atoms with Gasteiger partial charge in [-0.15, -0.1) is 0 Å². The van der Waals surface area contributed by atoms with Crippen LogP contribution in [0.4, 0.5) is 0 Å². The van der Waals surface area contributed by atoms with Gasteiger partial charge in [0.2, 0.25) is 0 Å². The van der Waals surface area contributed by atoms with Gasteiger partial charge in [0.05, 0.1) is 30.9 Å². The quantitative estimate of drug-likeness (QED) is 0.523. The third-order valence-electron chi connectivity index (χ3n) is 4.67. The van der Waals surface area contributed by atoms with E-state index in [0.29, 0.717) is 28.7 Å². The highest BCUT2D eigenvalue weighted by Gasteiger charge is 2.15. The fraction of sp³-hybridized carbons (Fsp3) is 0.143. The second-order valence-electron chi connectivity index (χ2n) is 6.47. The van der Waals surface area contributed by atoms with Gasteiger partial charge in [-0.25, -0.2) is 4.52 Å². The standard InChI is InChI=1S/C21H18N4O4/c1-29-19(26)12-22-20(27)15-7-8-16-18(11-15)24(13-14-5-3-2-4-6-14)21(28)17-9-10-23-25(16)17/h2-11H,12-13H2,1H3,(H,22,27). The zero-order chi connectivity index (χ0) is 20.4. The molecule has 2 aromatic heterocycles. The molecule has 8 heteroatoms. The highest BCUT2D eigenvalue weighted by Crippen LogP contribution is 2.18. The van der Waals surface area contributed by atoms with E-state index >= 15 is 0 Å². The van der Waals surface area contributed by atoms with E-state index in [4.69, 9.17) is 0 Å². The van der Waals surface area contributed by atoms with Crippen molar-refractivity contribution in [3.63, 3.8) is 0 Å². The molecule has 0 aliphatic rings. The second kappa shape index (κ2) is 7.59. The molecule has 0 aliphatic heterocycles. The van der Waals surface area contributed by atoms with Crippen molar-refractivity contribution in [1.82, 2.24) is 19.5 Å². The van der Waals surface area contributed by atoms with Crippen LogP contribution in [0.5, 0.6) is 0 Å². The van der Waals surface area contributed by atoms with Crippen LogP contribution in [0.25, 0.3) is 16.6 Å². The zero-order valence-corrected chi connectivity index (χ0v) is 15.7. The van der Waals surface area contributed by atoms with Crippen LogP contribution in [0.2, 0.25) is 0 Å². The summed E-state index contributed by atoms with van der Waals surface area (Å²) in [6.45, 7) is 0.119. The first-order valence-corrected chi connectivity index (χ1v) is 8.97. The third kappa shape index (κ3) is 3.47. The van der Waals surface area contributed by atoms with E-state index in [1.54, 1.807) is 39.5 Å². The molecule has 0 bridgehead atoms. The molecule has 1 amide bonds. The van der Waals surface area contributed by atoms with Crippen LogP contribution in [0, 0.1) is 0 Å². The van der Waals surface area contributed by atoms with Gasteiger partial charge in [0.15, 0.2) is 0 Å². The van der Waals surface area contributed by atoms with E-state index in [0.717, 1.165) is 5.56 Å². The molecule has 0 saturated carbocycles. The summed E-state index contributed by atoms with van der Waals surface area (Å²) >= 11 is 0. The first kappa shape index (κ1) is 18.4. The van der Waals surface area contributed by atoms with Gasteiger partial charge in [0, 0.05) is 5.56 Å². The maximum Gasteiger partial charge on any atom is 0.325 e. The number of carbonyl (C=O) groups is 2. The van der Waals surface area contributed by atoms with E-state index < -0.39 is 11.9 Å². The van der Waals surface area contributed by atoms with Crippen LogP contribution < -0.4 is 10.9 Å². The Morgan fingerprint density at radius 3 is 2.59 bits per heavy atom. The zero-order valence-electron chi connectivity index (χ0n) is 15.7. The number of amides is 1. The maximum absolute atomic E-state index is 13.1. The minimum atomic E-state index is -0.543. The smallest absolute Gasteiger partial charge is 0.325 e. The minimum Gasteiger partial charge on any atom is -0.468 e. The van der Waals surface area contributed by atoms with Crippen molar-refractivity contribution in [3.8, 4) is 0 Å². The van der Waals surface area contributed by atoms with Crippen LogP contribution in [-0.4, -0.2) is 39.7 Å². The highest BCUT2D eigenvalue weighted by atomic mass is 16.5. The third-order valence-corrected chi connectivity index (χ3v) is 4.67. The SMILES string of the molecule is COC(=O)CNC(=O)c1ccc2c(c1)n(Cc1ccccc1)c(=O)c1ccnn12. The van der Waals surface area contributed by atoms with Crippen LogP contribution in [0.15, 0.2) is 65.6 Å². The van der Waals surface area contributed by atoms with Crippen molar-refractivity contribution in [2.45, 2.75) is 6.54 Å². The van der Waals surface area contributed by atoms with Crippen molar-refractivity contribution in [3.05, 3.63) is 82.3 Å². The second-order valence-corrected chi connectivity index (χ2v) is 6.47. The van der Waals surface area contributed by atoms with Crippen molar-refractivity contribution in [1.29, 1.82) is 0 Å². The number of carbonyl (C=O) groups excluding carboxylic acids is 2. The topological polar surface area (TPSA) is 94.7 Å². The lowest BCUT2D eigenvalue weighted by molar-refractivity contribution is -0.139. The molecule has 0 atom stereocenters. The monoisotopic (exact) mass is 390 g/mol. The number of esters is 1. The molecule has 2 heterocycles. The Hall–Kier alpha value is -3.94. The molecule has 8 nitrogen and oxygen atoms in total. The number of benzene rings is 2. The van der Waals surface area contributed by atoms with Crippen molar-refractivity contribution < 1.29 is 14.3 Å². The van der Waals surface area contributed by atoms with Crippen molar-refractivity contribution >= 4 is 28.4 Å². The summed E-state index contributed by atoms with van der Waals surface area (Å²) in [6.07, 6.45) is 1.57. The Morgan fingerprint density at radius 1 is 1.03 bits per heavy atom. The number of aromatic nitrogens is 3. The molecule has 0 spiro atoms. The van der Waals surface area contributed by atoms with Crippen molar-refractivity contribution in [2.75, 3.05) is 13.7 Å². The first-order chi connectivity index (χ1) is 14.1. The van der Waals surface area contributed by atoms with Crippen LogP contribution in [0.1, 0.15) is 15.9 Å². The number of fused-ring (bicyclic) bond motifs is 3. The molecule has 4 rings (SSSR count). The maximum atomic E-state index is 13.1. The number of ether oxygens (including phenoxy) is 1. The summed E-state index contributed by atoms with van der Waals surface area (Å²) in [5, 5.41) is 6.75. The number of nitrogens with zero attached hydrogens (tertiary/aromatic N) is 3. The van der Waals surface area contributed by atoms with Gasteiger partial charge >= 0.3 is 5.97 Å². The Labute approximate surface area is 165 Å². The Balaban J connectivity index is 1.84. The van der Waals surface area contributed by atoms with Gasteiger partial charge < -0.3 is 14.6 Å². The molecule has 1 N–H and O–H groups in total. The number of nitrogens with one attached hydrogen (secondary N) is 1. The molecule has 146 valence electrons. The minimum absolute atomic E-state index is 0.203. The van der Waals surface area contributed by atoms with Gasteiger partial charge in [-0.3, -0.25) is 14.4 Å².